The zero-order valence-corrected chi connectivity index (χ0v) is 16.2. The van der Waals surface area contributed by atoms with E-state index in [9.17, 15) is 0 Å². The molecule has 4 rings (SSSR count). The van der Waals surface area contributed by atoms with Gasteiger partial charge in [0, 0.05) is 39.3 Å². The van der Waals surface area contributed by atoms with Gasteiger partial charge in [-0.2, -0.15) is 0 Å². The molecule has 1 aromatic heterocycles. The van der Waals surface area contributed by atoms with Crippen LogP contribution in [-0.2, 0) is 17.8 Å². The van der Waals surface area contributed by atoms with Crippen LogP contribution in [0.2, 0.25) is 0 Å². The first-order valence-corrected chi connectivity index (χ1v) is 10.2. The molecule has 0 radical (unpaired) electrons. The second-order valence-electron chi connectivity index (χ2n) is 7.58. The van der Waals surface area contributed by atoms with Crippen LogP contribution in [0.5, 0.6) is 0 Å². The van der Waals surface area contributed by atoms with Gasteiger partial charge in [0.2, 0.25) is 0 Å². The van der Waals surface area contributed by atoms with Gasteiger partial charge in [0.15, 0.2) is 5.82 Å². The van der Waals surface area contributed by atoms with E-state index in [1.165, 1.54) is 5.56 Å². The zero-order chi connectivity index (χ0) is 18.5. The Morgan fingerprint density at radius 1 is 1.15 bits per heavy atom. The van der Waals surface area contributed by atoms with Crippen molar-refractivity contribution in [2.75, 3.05) is 32.8 Å². The quantitative estimate of drug-likeness (QED) is 0.744. The van der Waals surface area contributed by atoms with Gasteiger partial charge in [-0.25, -0.2) is 4.68 Å². The molecule has 0 aliphatic carbocycles. The van der Waals surface area contributed by atoms with Crippen LogP contribution in [0.4, 0.5) is 0 Å². The van der Waals surface area contributed by atoms with Gasteiger partial charge in [-0.15, -0.1) is 5.10 Å². The lowest BCUT2D eigenvalue weighted by Crippen LogP contribution is -2.47. The van der Waals surface area contributed by atoms with E-state index in [1.807, 2.05) is 4.68 Å². The first-order valence-electron chi connectivity index (χ1n) is 10.2. The molecule has 2 fully saturated rings. The molecule has 2 aliphatic heterocycles. The van der Waals surface area contributed by atoms with E-state index in [1.54, 1.807) is 0 Å². The molecule has 2 aliphatic rings. The highest BCUT2D eigenvalue weighted by molar-refractivity contribution is 5.14. The Morgan fingerprint density at radius 2 is 1.96 bits per heavy atom. The first kappa shape index (κ1) is 18.5. The van der Waals surface area contributed by atoms with Gasteiger partial charge in [-0.1, -0.05) is 37.3 Å². The molecule has 0 spiro atoms. The molecule has 27 heavy (non-hydrogen) atoms. The molecule has 0 N–H and O–H groups in total. The van der Waals surface area contributed by atoms with E-state index >= 15 is 0 Å². The number of piperazine rings is 1. The SMILES string of the molecule is CCC(c1nnnn1CC1CCCO1)N1CCN(Cc2ccccc2)CC1. The Bertz CT molecular complexity index is 692. The number of rotatable bonds is 7. The normalized spacial score (nSPS) is 22.9. The molecule has 0 amide bonds. The fourth-order valence-electron chi connectivity index (χ4n) is 4.24. The minimum absolute atomic E-state index is 0.257. The van der Waals surface area contributed by atoms with Crippen molar-refractivity contribution in [1.82, 2.24) is 30.0 Å². The number of nitrogens with zero attached hydrogens (tertiary/aromatic N) is 6. The first-order chi connectivity index (χ1) is 13.3. The molecular weight excluding hydrogens is 340 g/mol. The summed E-state index contributed by atoms with van der Waals surface area (Å²) < 4.78 is 7.75. The van der Waals surface area contributed by atoms with E-state index < -0.39 is 0 Å². The van der Waals surface area contributed by atoms with Crippen LogP contribution in [0.1, 0.15) is 43.6 Å². The average molecular weight is 371 g/mol. The van der Waals surface area contributed by atoms with E-state index in [0.717, 1.165) is 71.0 Å². The van der Waals surface area contributed by atoms with Crippen molar-refractivity contribution in [3.8, 4) is 0 Å². The van der Waals surface area contributed by atoms with Crippen LogP contribution in [0.3, 0.4) is 0 Å². The minimum atomic E-state index is 0.257. The highest BCUT2D eigenvalue weighted by Gasteiger charge is 2.29. The number of aromatic nitrogens is 4. The third kappa shape index (κ3) is 4.54. The predicted octanol–water partition coefficient (Wildman–Crippen LogP) is 2.12. The highest BCUT2D eigenvalue weighted by Crippen LogP contribution is 2.25. The average Bonchev–Trinajstić information content (AvgIpc) is 3.38. The van der Waals surface area contributed by atoms with Crippen molar-refractivity contribution >= 4 is 0 Å². The van der Waals surface area contributed by atoms with Gasteiger partial charge in [0.05, 0.1) is 18.7 Å². The Morgan fingerprint density at radius 3 is 2.67 bits per heavy atom. The third-order valence-corrected chi connectivity index (χ3v) is 5.74. The van der Waals surface area contributed by atoms with E-state index in [2.05, 4.69) is 62.6 Å². The minimum Gasteiger partial charge on any atom is -0.376 e. The third-order valence-electron chi connectivity index (χ3n) is 5.74. The number of hydrogen-bond acceptors (Lipinski definition) is 6. The topological polar surface area (TPSA) is 59.3 Å². The molecule has 1 aromatic carbocycles. The van der Waals surface area contributed by atoms with Crippen molar-refractivity contribution in [3.05, 3.63) is 41.7 Å². The summed E-state index contributed by atoms with van der Waals surface area (Å²) in [5, 5.41) is 12.6. The van der Waals surface area contributed by atoms with Gasteiger partial charge >= 0.3 is 0 Å². The summed E-state index contributed by atoms with van der Waals surface area (Å²) in [6, 6.07) is 11.0. The lowest BCUT2D eigenvalue weighted by Gasteiger charge is -2.38. The number of hydrogen-bond donors (Lipinski definition) is 0. The summed E-state index contributed by atoms with van der Waals surface area (Å²) in [6.07, 6.45) is 3.52. The summed E-state index contributed by atoms with van der Waals surface area (Å²) in [5.41, 5.74) is 1.39. The summed E-state index contributed by atoms with van der Waals surface area (Å²) in [4.78, 5) is 5.08. The van der Waals surface area contributed by atoms with E-state index in [-0.39, 0.29) is 12.1 Å². The molecule has 7 heteroatoms. The van der Waals surface area contributed by atoms with Crippen molar-refractivity contribution in [3.63, 3.8) is 0 Å². The maximum absolute atomic E-state index is 5.77. The van der Waals surface area contributed by atoms with Crippen molar-refractivity contribution in [1.29, 1.82) is 0 Å². The maximum Gasteiger partial charge on any atom is 0.168 e. The lowest BCUT2D eigenvalue weighted by atomic mass is 10.1. The molecule has 0 bridgehead atoms. The van der Waals surface area contributed by atoms with Gasteiger partial charge in [-0.3, -0.25) is 9.80 Å². The predicted molar refractivity (Wildman–Crippen MR) is 103 cm³/mol. The van der Waals surface area contributed by atoms with Crippen LogP contribution >= 0.6 is 0 Å². The molecular formula is C20H30N6O. The standard InChI is InChI=1S/C20H30N6O/c1-2-19(20-21-22-23-26(20)16-18-9-6-14-27-18)25-12-10-24(11-13-25)15-17-7-4-3-5-8-17/h3-5,7-8,18-19H,2,6,9-16H2,1H3. The fraction of sp³-hybridized carbons (Fsp3) is 0.650. The molecule has 3 heterocycles. The molecule has 2 saturated heterocycles. The Hall–Kier alpha value is -1.83. The van der Waals surface area contributed by atoms with Gasteiger partial charge < -0.3 is 4.74 Å². The maximum atomic E-state index is 5.77. The molecule has 2 atom stereocenters. The van der Waals surface area contributed by atoms with Crippen LogP contribution in [0.25, 0.3) is 0 Å². The monoisotopic (exact) mass is 370 g/mol. The Balaban J connectivity index is 1.36. The summed E-state index contributed by atoms with van der Waals surface area (Å²) in [6.45, 7) is 9.16. The number of ether oxygens (including phenoxy) is 1. The second-order valence-corrected chi connectivity index (χ2v) is 7.58. The smallest absolute Gasteiger partial charge is 0.168 e. The van der Waals surface area contributed by atoms with Crippen LogP contribution in [0.15, 0.2) is 30.3 Å². The van der Waals surface area contributed by atoms with Crippen molar-refractivity contribution < 1.29 is 4.74 Å². The van der Waals surface area contributed by atoms with Gasteiger partial charge in [0.25, 0.3) is 0 Å². The summed E-state index contributed by atoms with van der Waals surface area (Å²) >= 11 is 0. The Labute approximate surface area is 161 Å². The summed E-state index contributed by atoms with van der Waals surface area (Å²) in [7, 11) is 0. The molecule has 2 aromatic rings. The molecule has 2 unspecified atom stereocenters. The zero-order valence-electron chi connectivity index (χ0n) is 16.2. The van der Waals surface area contributed by atoms with Crippen LogP contribution in [0, 0.1) is 0 Å². The summed E-state index contributed by atoms with van der Waals surface area (Å²) in [5.74, 6) is 0.990. The molecule has 146 valence electrons. The number of tetrazole rings is 1. The Kier molecular flexibility index (Phi) is 6.11. The number of benzene rings is 1. The highest BCUT2D eigenvalue weighted by atomic mass is 16.5. The van der Waals surface area contributed by atoms with E-state index in [4.69, 9.17) is 4.74 Å². The van der Waals surface area contributed by atoms with Gasteiger partial charge in [-0.05, 0) is 35.3 Å². The second kappa shape index (κ2) is 8.91. The lowest BCUT2D eigenvalue weighted by molar-refractivity contribution is 0.0752. The molecule has 7 nitrogen and oxygen atoms in total. The van der Waals surface area contributed by atoms with Crippen molar-refractivity contribution in [2.24, 2.45) is 0 Å². The van der Waals surface area contributed by atoms with Crippen LogP contribution in [-0.4, -0.2) is 68.9 Å². The van der Waals surface area contributed by atoms with Crippen molar-refractivity contribution in [2.45, 2.75) is 51.4 Å². The largest absolute Gasteiger partial charge is 0.376 e. The molecule has 0 saturated carbocycles. The van der Waals surface area contributed by atoms with E-state index in [0.29, 0.717) is 0 Å². The van der Waals surface area contributed by atoms with Gasteiger partial charge in [0.1, 0.15) is 0 Å². The fourth-order valence-corrected chi connectivity index (χ4v) is 4.24. The van der Waals surface area contributed by atoms with Crippen LogP contribution < -0.4 is 0 Å².